The van der Waals surface area contributed by atoms with E-state index in [1.165, 1.54) is 109 Å². The number of carboxylic acid groups (broad SMARTS) is 1. The summed E-state index contributed by atoms with van der Waals surface area (Å²) in [6.07, 6.45) is 67.9. The SMILES string of the molecule is CC/C=C\C/C=C\C/C=C\C/C=C\C/C=C\C/C=C\CCCCCCCCCCCCCCCCCCC(=O)OC(COC(=O)CCCCCCC/C=C\CCCCC)COC(OCC[N+](C)(C)C)C(=O)[O-]. The highest BCUT2D eigenvalue weighted by molar-refractivity contribution is 5.70. The summed E-state index contributed by atoms with van der Waals surface area (Å²) in [6.45, 7) is 4.60. The summed E-state index contributed by atoms with van der Waals surface area (Å²) in [6, 6.07) is 0. The van der Waals surface area contributed by atoms with Gasteiger partial charge in [-0.15, -0.1) is 0 Å². The van der Waals surface area contributed by atoms with Gasteiger partial charge < -0.3 is 33.3 Å². The lowest BCUT2D eigenvalue weighted by Crippen LogP contribution is -2.44. The lowest BCUT2D eigenvalue weighted by Gasteiger charge is -2.26. The zero-order valence-electron chi connectivity index (χ0n) is 47.0. The summed E-state index contributed by atoms with van der Waals surface area (Å²) in [5.74, 6) is -2.29. The van der Waals surface area contributed by atoms with E-state index in [0.717, 1.165) is 96.3 Å². The van der Waals surface area contributed by atoms with Gasteiger partial charge in [-0.3, -0.25) is 9.59 Å². The van der Waals surface area contributed by atoms with E-state index in [2.05, 4.69) is 98.9 Å². The second kappa shape index (κ2) is 53.8. The van der Waals surface area contributed by atoms with Crippen LogP contribution < -0.4 is 5.11 Å². The molecule has 0 aromatic heterocycles. The molecule has 0 N–H and O–H groups in total. The Labute approximate surface area is 442 Å². The van der Waals surface area contributed by atoms with Crippen LogP contribution >= 0.6 is 0 Å². The number of carbonyl (C=O) groups is 3. The maximum atomic E-state index is 12.8. The van der Waals surface area contributed by atoms with Crippen LogP contribution in [0.4, 0.5) is 0 Å². The first-order chi connectivity index (χ1) is 35.1. The Morgan fingerprint density at radius 2 is 0.792 bits per heavy atom. The maximum absolute atomic E-state index is 12.8. The molecule has 0 aromatic carbocycles. The molecule has 9 heteroatoms. The number of esters is 2. The van der Waals surface area contributed by atoms with Crippen molar-refractivity contribution in [1.29, 1.82) is 0 Å². The molecule has 0 saturated carbocycles. The summed E-state index contributed by atoms with van der Waals surface area (Å²) in [5.41, 5.74) is 0. The molecule has 9 nitrogen and oxygen atoms in total. The first-order valence-corrected chi connectivity index (χ1v) is 29.2. The van der Waals surface area contributed by atoms with Gasteiger partial charge in [-0.05, 0) is 89.9 Å². The number of likely N-dealkylation sites (N-methyl/N-ethyl adjacent to an activating group) is 1. The molecule has 0 saturated heterocycles. The van der Waals surface area contributed by atoms with Crippen LogP contribution in [0.1, 0.15) is 239 Å². The fourth-order valence-electron chi connectivity index (χ4n) is 7.89. The van der Waals surface area contributed by atoms with Crippen LogP contribution in [0.25, 0.3) is 0 Å². The third kappa shape index (κ3) is 54.2. The van der Waals surface area contributed by atoms with Crippen LogP contribution in [-0.4, -0.2) is 82.3 Å². The molecule has 0 rings (SSSR count). The van der Waals surface area contributed by atoms with E-state index in [1.807, 2.05) is 21.1 Å². The van der Waals surface area contributed by atoms with Crippen molar-refractivity contribution in [3.8, 4) is 0 Å². The van der Waals surface area contributed by atoms with Crippen molar-refractivity contribution in [1.82, 2.24) is 0 Å². The number of rotatable bonds is 53. The number of carboxylic acids is 1. The molecule has 414 valence electrons. The normalized spacial score (nSPS) is 13.4. The van der Waals surface area contributed by atoms with Crippen LogP contribution in [0.15, 0.2) is 85.1 Å². The first kappa shape index (κ1) is 68.5. The van der Waals surface area contributed by atoms with Gasteiger partial charge >= 0.3 is 11.9 Å². The minimum atomic E-state index is -1.62. The summed E-state index contributed by atoms with van der Waals surface area (Å²) in [5, 5.41) is 11.7. The molecule has 72 heavy (non-hydrogen) atoms. The number of nitrogens with zero attached hydrogens (tertiary/aromatic N) is 1. The van der Waals surface area contributed by atoms with Crippen LogP contribution in [0.2, 0.25) is 0 Å². The molecule has 0 aromatic rings. The quantitative estimate of drug-likeness (QED) is 0.0195. The zero-order valence-corrected chi connectivity index (χ0v) is 47.0. The molecule has 0 aliphatic carbocycles. The highest BCUT2D eigenvalue weighted by Gasteiger charge is 2.22. The largest absolute Gasteiger partial charge is 0.545 e. The molecule has 0 bridgehead atoms. The second-order valence-corrected chi connectivity index (χ2v) is 20.5. The predicted molar refractivity (Wildman–Crippen MR) is 301 cm³/mol. The lowest BCUT2D eigenvalue weighted by molar-refractivity contribution is -0.870. The molecule has 0 radical (unpaired) electrons. The fraction of sp³-hybridized carbons (Fsp3) is 0.730. The van der Waals surface area contributed by atoms with Gasteiger partial charge in [-0.1, -0.05) is 221 Å². The molecule has 0 heterocycles. The molecule has 0 aliphatic rings. The van der Waals surface area contributed by atoms with Crippen molar-refractivity contribution >= 4 is 17.9 Å². The monoisotopic (exact) mass is 1010 g/mol. The second-order valence-electron chi connectivity index (χ2n) is 20.5. The van der Waals surface area contributed by atoms with Crippen molar-refractivity contribution in [2.75, 3.05) is 47.5 Å². The molecule has 2 unspecified atom stereocenters. The smallest absolute Gasteiger partial charge is 0.306 e. The van der Waals surface area contributed by atoms with E-state index >= 15 is 0 Å². The highest BCUT2D eigenvalue weighted by atomic mass is 16.7. The van der Waals surface area contributed by atoms with E-state index in [4.69, 9.17) is 18.9 Å². The molecule has 0 fully saturated rings. The number of allylic oxidation sites excluding steroid dienone is 14. The van der Waals surface area contributed by atoms with E-state index in [-0.39, 0.29) is 38.6 Å². The van der Waals surface area contributed by atoms with Gasteiger partial charge in [0.1, 0.15) is 13.2 Å². The van der Waals surface area contributed by atoms with Gasteiger partial charge in [-0.2, -0.15) is 0 Å². The number of aliphatic carboxylic acids is 1. The Morgan fingerprint density at radius 3 is 1.19 bits per heavy atom. The number of ether oxygens (including phenoxy) is 4. The minimum Gasteiger partial charge on any atom is -0.545 e. The van der Waals surface area contributed by atoms with E-state index < -0.39 is 24.3 Å². The van der Waals surface area contributed by atoms with Crippen LogP contribution in [-0.2, 0) is 33.3 Å². The van der Waals surface area contributed by atoms with E-state index in [1.54, 1.807) is 0 Å². The fourth-order valence-corrected chi connectivity index (χ4v) is 7.89. The van der Waals surface area contributed by atoms with E-state index in [0.29, 0.717) is 17.4 Å². The summed E-state index contributed by atoms with van der Waals surface area (Å²) >= 11 is 0. The Morgan fingerprint density at radius 1 is 0.431 bits per heavy atom. The number of quaternary nitrogens is 1. The molecule has 2 atom stereocenters. The van der Waals surface area contributed by atoms with Crippen molar-refractivity contribution in [3.05, 3.63) is 85.1 Å². The maximum Gasteiger partial charge on any atom is 0.306 e. The van der Waals surface area contributed by atoms with Crippen LogP contribution in [0.5, 0.6) is 0 Å². The van der Waals surface area contributed by atoms with Gasteiger partial charge in [0.2, 0.25) is 0 Å². The molecule has 0 spiro atoms. The van der Waals surface area contributed by atoms with Crippen molar-refractivity contribution in [3.63, 3.8) is 0 Å². The molecular formula is C63H109NO8. The van der Waals surface area contributed by atoms with Crippen molar-refractivity contribution < 1.29 is 42.9 Å². The topological polar surface area (TPSA) is 111 Å². The Hall–Kier alpha value is -3.53. The Kier molecular flexibility index (Phi) is 51.1. The van der Waals surface area contributed by atoms with Gasteiger partial charge in [0, 0.05) is 12.8 Å². The Bertz CT molecular complexity index is 1450. The summed E-state index contributed by atoms with van der Waals surface area (Å²) < 4.78 is 22.6. The number of carbonyl (C=O) groups excluding carboxylic acids is 3. The Balaban J connectivity index is 4.08. The molecular weight excluding hydrogens is 899 g/mol. The average molecular weight is 1010 g/mol. The minimum absolute atomic E-state index is 0.145. The van der Waals surface area contributed by atoms with E-state index in [9.17, 15) is 19.5 Å². The number of hydrogen-bond acceptors (Lipinski definition) is 8. The van der Waals surface area contributed by atoms with Gasteiger partial charge in [-0.25, -0.2) is 0 Å². The molecule has 0 amide bonds. The van der Waals surface area contributed by atoms with Crippen molar-refractivity contribution in [2.45, 2.75) is 251 Å². The third-order valence-corrected chi connectivity index (χ3v) is 12.4. The van der Waals surface area contributed by atoms with Crippen LogP contribution in [0, 0.1) is 0 Å². The first-order valence-electron chi connectivity index (χ1n) is 29.2. The van der Waals surface area contributed by atoms with Crippen molar-refractivity contribution in [2.24, 2.45) is 0 Å². The van der Waals surface area contributed by atoms with Gasteiger partial charge in [0.25, 0.3) is 0 Å². The molecule has 0 aliphatic heterocycles. The number of unbranched alkanes of at least 4 members (excludes halogenated alkanes) is 24. The van der Waals surface area contributed by atoms with Gasteiger partial charge in [0.15, 0.2) is 12.4 Å². The third-order valence-electron chi connectivity index (χ3n) is 12.4. The average Bonchev–Trinajstić information content (AvgIpc) is 3.35. The zero-order chi connectivity index (χ0) is 52.7. The van der Waals surface area contributed by atoms with Crippen LogP contribution in [0.3, 0.4) is 0 Å². The lowest BCUT2D eigenvalue weighted by atomic mass is 10.0. The predicted octanol–water partition coefficient (Wildman–Crippen LogP) is 15.8. The summed E-state index contributed by atoms with van der Waals surface area (Å²) in [4.78, 5) is 37.2. The number of hydrogen-bond donors (Lipinski definition) is 0. The standard InChI is InChI=1S/C63H109NO8/c1-6-8-10-12-14-16-18-20-21-22-23-24-25-26-27-28-29-30-31-32-33-34-35-36-37-38-39-40-41-42-44-46-48-50-52-54-61(66)72-59(58-71-63(62(67)68)69-56-55-64(3,4)5)57-70-60(65)53-51-49-47-45-43-19-17-15-13-11-9-7-2/h8,10,14-17,20-21,23-24,26-27,29-30,59,63H,6-7,9,11-13,18-19,22,25,28,31-58H2,1-5H3/b10-8-,16-14-,17-15-,21-20-,24-23-,27-26-,30-29-. The highest BCUT2D eigenvalue weighted by Crippen LogP contribution is 2.16. The summed E-state index contributed by atoms with van der Waals surface area (Å²) in [7, 11) is 5.91. The van der Waals surface area contributed by atoms with Gasteiger partial charge in [0.05, 0.1) is 40.3 Å².